The van der Waals surface area contributed by atoms with E-state index in [4.69, 9.17) is 5.73 Å². The van der Waals surface area contributed by atoms with E-state index in [-0.39, 0.29) is 11.3 Å². The number of benzene rings is 1. The van der Waals surface area contributed by atoms with Gasteiger partial charge in [-0.25, -0.2) is 4.68 Å². The van der Waals surface area contributed by atoms with Gasteiger partial charge in [-0.1, -0.05) is 20.8 Å². The number of carbonyl (C=O) groups is 1. The average molecular weight is 274 g/mol. The largest absolute Gasteiger partial charge is 0.325 e. The van der Waals surface area contributed by atoms with Crippen molar-refractivity contribution in [2.24, 2.45) is 11.1 Å². The lowest BCUT2D eigenvalue weighted by Crippen LogP contribution is -2.45. The first kappa shape index (κ1) is 14.1. The maximum atomic E-state index is 12.0. The van der Waals surface area contributed by atoms with Crippen LogP contribution in [0.1, 0.15) is 20.8 Å². The van der Waals surface area contributed by atoms with Crippen LogP contribution in [0.3, 0.4) is 0 Å². The number of aromatic nitrogens is 4. The molecule has 0 fully saturated rings. The lowest BCUT2D eigenvalue weighted by molar-refractivity contribution is -0.119. The van der Waals surface area contributed by atoms with Crippen LogP contribution in [-0.4, -0.2) is 32.2 Å². The first-order valence-corrected chi connectivity index (χ1v) is 6.28. The van der Waals surface area contributed by atoms with Crippen LogP contribution >= 0.6 is 0 Å². The fourth-order valence-electron chi connectivity index (χ4n) is 1.59. The summed E-state index contributed by atoms with van der Waals surface area (Å²) in [5.41, 5.74) is 7.12. The molecule has 0 aliphatic carbocycles. The molecule has 0 aliphatic heterocycles. The molecule has 2 aromatic rings. The highest BCUT2D eigenvalue weighted by atomic mass is 16.2. The Morgan fingerprint density at radius 1 is 1.30 bits per heavy atom. The Labute approximate surface area is 117 Å². The number of anilines is 1. The minimum Gasteiger partial charge on any atom is -0.325 e. The average Bonchev–Trinajstić information content (AvgIpc) is 2.91. The molecule has 20 heavy (non-hydrogen) atoms. The summed E-state index contributed by atoms with van der Waals surface area (Å²) in [6, 6.07) is 6.62. The molecule has 0 aliphatic rings. The number of nitrogens with zero attached hydrogens (tertiary/aromatic N) is 4. The monoisotopic (exact) mass is 274 g/mol. The molecule has 0 saturated heterocycles. The highest BCUT2D eigenvalue weighted by Gasteiger charge is 2.27. The van der Waals surface area contributed by atoms with Crippen molar-refractivity contribution in [1.29, 1.82) is 0 Å². The van der Waals surface area contributed by atoms with Crippen molar-refractivity contribution < 1.29 is 4.79 Å². The van der Waals surface area contributed by atoms with Gasteiger partial charge in [0, 0.05) is 5.69 Å². The topological polar surface area (TPSA) is 98.7 Å². The Hall–Kier alpha value is -2.28. The van der Waals surface area contributed by atoms with Gasteiger partial charge in [-0.3, -0.25) is 4.79 Å². The summed E-state index contributed by atoms with van der Waals surface area (Å²) in [5, 5.41) is 13.7. The molecule has 0 saturated carbocycles. The van der Waals surface area contributed by atoms with Crippen molar-refractivity contribution >= 4 is 11.6 Å². The highest BCUT2D eigenvalue weighted by molar-refractivity contribution is 5.95. The molecule has 3 N–H and O–H groups in total. The van der Waals surface area contributed by atoms with Gasteiger partial charge in [-0.2, -0.15) is 0 Å². The summed E-state index contributed by atoms with van der Waals surface area (Å²) in [4.78, 5) is 12.0. The SMILES string of the molecule is CC(C)(C)[C@H](N)C(=O)Nc1ccc(-n2cnnn2)cc1. The van der Waals surface area contributed by atoms with Crippen molar-refractivity contribution in [3.8, 4) is 5.69 Å². The smallest absolute Gasteiger partial charge is 0.241 e. The van der Waals surface area contributed by atoms with E-state index in [1.807, 2.05) is 32.9 Å². The Balaban J connectivity index is 2.06. The van der Waals surface area contributed by atoms with Gasteiger partial charge in [0.05, 0.1) is 11.7 Å². The van der Waals surface area contributed by atoms with Crippen molar-refractivity contribution in [3.63, 3.8) is 0 Å². The van der Waals surface area contributed by atoms with E-state index in [9.17, 15) is 4.79 Å². The Bertz CT molecular complexity index is 570. The first-order chi connectivity index (χ1) is 9.38. The Morgan fingerprint density at radius 3 is 2.45 bits per heavy atom. The van der Waals surface area contributed by atoms with Crippen molar-refractivity contribution in [1.82, 2.24) is 20.2 Å². The summed E-state index contributed by atoms with van der Waals surface area (Å²) in [7, 11) is 0. The fourth-order valence-corrected chi connectivity index (χ4v) is 1.59. The zero-order valence-electron chi connectivity index (χ0n) is 11.7. The molecule has 0 unspecified atom stereocenters. The second-order valence-electron chi connectivity index (χ2n) is 5.63. The minimum atomic E-state index is -0.568. The normalized spacial score (nSPS) is 13.0. The van der Waals surface area contributed by atoms with Crippen LogP contribution in [0.4, 0.5) is 5.69 Å². The zero-order valence-corrected chi connectivity index (χ0v) is 11.7. The molecule has 0 bridgehead atoms. The summed E-state index contributed by atoms with van der Waals surface area (Å²) >= 11 is 0. The molecule has 0 spiro atoms. The van der Waals surface area contributed by atoms with Gasteiger partial charge < -0.3 is 11.1 Å². The number of carbonyl (C=O) groups excluding carboxylic acids is 1. The maximum absolute atomic E-state index is 12.0. The van der Waals surface area contributed by atoms with Gasteiger partial charge in [-0.05, 0) is 40.1 Å². The van der Waals surface area contributed by atoms with Gasteiger partial charge in [0.25, 0.3) is 0 Å². The van der Waals surface area contributed by atoms with Crippen LogP contribution in [0.2, 0.25) is 0 Å². The third-order valence-corrected chi connectivity index (χ3v) is 2.96. The van der Waals surface area contributed by atoms with E-state index in [1.165, 1.54) is 11.0 Å². The van der Waals surface area contributed by atoms with Crippen molar-refractivity contribution in [3.05, 3.63) is 30.6 Å². The molecular formula is C13H18N6O. The quantitative estimate of drug-likeness (QED) is 0.869. The maximum Gasteiger partial charge on any atom is 0.241 e. The number of amides is 1. The number of hydrogen-bond acceptors (Lipinski definition) is 5. The Kier molecular flexibility index (Phi) is 3.80. The van der Waals surface area contributed by atoms with Gasteiger partial charge in [0.15, 0.2) is 0 Å². The second-order valence-corrected chi connectivity index (χ2v) is 5.63. The number of tetrazole rings is 1. The molecule has 7 nitrogen and oxygen atoms in total. The summed E-state index contributed by atoms with van der Waals surface area (Å²) < 4.78 is 1.53. The molecule has 106 valence electrons. The van der Waals surface area contributed by atoms with Gasteiger partial charge in [0.1, 0.15) is 6.33 Å². The van der Waals surface area contributed by atoms with Crippen molar-refractivity contribution in [2.45, 2.75) is 26.8 Å². The van der Waals surface area contributed by atoms with E-state index in [0.717, 1.165) is 5.69 Å². The summed E-state index contributed by atoms with van der Waals surface area (Å²) in [5.74, 6) is -0.201. The van der Waals surface area contributed by atoms with E-state index >= 15 is 0 Å². The number of hydrogen-bond donors (Lipinski definition) is 2. The summed E-state index contributed by atoms with van der Waals surface area (Å²) in [6.07, 6.45) is 1.50. The fraction of sp³-hybridized carbons (Fsp3) is 0.385. The van der Waals surface area contributed by atoms with E-state index in [2.05, 4.69) is 20.8 Å². The first-order valence-electron chi connectivity index (χ1n) is 6.28. The van der Waals surface area contributed by atoms with E-state index < -0.39 is 6.04 Å². The molecule has 2 rings (SSSR count). The lowest BCUT2D eigenvalue weighted by atomic mass is 9.87. The second kappa shape index (κ2) is 5.38. The molecule has 1 heterocycles. The lowest BCUT2D eigenvalue weighted by Gasteiger charge is -2.25. The molecule has 1 atom stereocenters. The Morgan fingerprint density at radius 2 is 1.95 bits per heavy atom. The predicted molar refractivity (Wildman–Crippen MR) is 75.2 cm³/mol. The molecule has 1 amide bonds. The zero-order chi connectivity index (χ0) is 14.8. The van der Waals surface area contributed by atoms with Crippen LogP contribution in [0.5, 0.6) is 0 Å². The number of rotatable bonds is 3. The standard InChI is InChI=1S/C13H18N6O/c1-13(2,3)11(14)12(20)16-9-4-6-10(7-5-9)19-8-15-17-18-19/h4-8,11H,14H2,1-3H3,(H,16,20)/t11-/m1/s1. The number of nitrogens with one attached hydrogen (secondary N) is 1. The third-order valence-electron chi connectivity index (χ3n) is 2.96. The highest BCUT2D eigenvalue weighted by Crippen LogP contribution is 2.19. The third kappa shape index (κ3) is 3.18. The summed E-state index contributed by atoms with van der Waals surface area (Å²) in [6.45, 7) is 5.79. The predicted octanol–water partition coefficient (Wildman–Crippen LogP) is 0.974. The van der Waals surface area contributed by atoms with Gasteiger partial charge >= 0.3 is 0 Å². The van der Waals surface area contributed by atoms with E-state index in [1.54, 1.807) is 12.1 Å². The number of nitrogens with two attached hydrogens (primary N) is 1. The van der Waals surface area contributed by atoms with Crippen LogP contribution in [0.25, 0.3) is 5.69 Å². The minimum absolute atomic E-state index is 0.201. The van der Waals surface area contributed by atoms with Crippen LogP contribution < -0.4 is 11.1 Å². The molecule has 0 radical (unpaired) electrons. The van der Waals surface area contributed by atoms with Gasteiger partial charge in [-0.15, -0.1) is 5.10 Å². The molecule has 7 heteroatoms. The van der Waals surface area contributed by atoms with Crippen LogP contribution in [0, 0.1) is 5.41 Å². The molecular weight excluding hydrogens is 256 g/mol. The van der Waals surface area contributed by atoms with Crippen molar-refractivity contribution in [2.75, 3.05) is 5.32 Å². The van der Waals surface area contributed by atoms with Gasteiger partial charge in [0.2, 0.25) is 5.91 Å². The van der Waals surface area contributed by atoms with Crippen LogP contribution in [-0.2, 0) is 4.79 Å². The van der Waals surface area contributed by atoms with E-state index in [0.29, 0.717) is 5.69 Å². The molecule has 1 aromatic carbocycles. The van der Waals surface area contributed by atoms with Crippen LogP contribution in [0.15, 0.2) is 30.6 Å². The molecule has 1 aromatic heterocycles.